The van der Waals surface area contributed by atoms with E-state index in [0.29, 0.717) is 31.7 Å². The van der Waals surface area contributed by atoms with Crippen LogP contribution >= 0.6 is 0 Å². The Labute approximate surface area is 208 Å². The highest BCUT2D eigenvalue weighted by Gasteiger charge is 2.31. The van der Waals surface area contributed by atoms with Crippen LogP contribution in [-0.4, -0.2) is 42.6 Å². The van der Waals surface area contributed by atoms with Gasteiger partial charge < -0.3 is 14.6 Å². The molecule has 1 unspecified atom stereocenters. The van der Waals surface area contributed by atoms with Crippen LogP contribution in [0.2, 0.25) is 0 Å². The molecule has 3 aromatic rings. The lowest BCUT2D eigenvalue weighted by molar-refractivity contribution is -0.119. The molecule has 3 aromatic carbocycles. The second-order valence-corrected chi connectivity index (χ2v) is 9.16. The Morgan fingerprint density at radius 1 is 1.06 bits per heavy atom. The molecule has 1 N–H and O–H groups in total. The molecule has 5 nitrogen and oxygen atoms in total. The average Bonchev–Trinajstić information content (AvgIpc) is 2.87. The number of ketones is 1. The minimum Gasteiger partial charge on any atom is -0.508 e. The number of ether oxygens (including phenoxy) is 2. The molecule has 1 atom stereocenters. The van der Waals surface area contributed by atoms with Gasteiger partial charge in [0.2, 0.25) is 0 Å². The number of methoxy groups -OCH3 is 1. The maximum absolute atomic E-state index is 12.1. The molecule has 0 aliphatic carbocycles. The van der Waals surface area contributed by atoms with E-state index in [-0.39, 0.29) is 11.8 Å². The molecule has 0 bridgehead atoms. The van der Waals surface area contributed by atoms with Crippen LogP contribution in [0.3, 0.4) is 0 Å². The van der Waals surface area contributed by atoms with Crippen LogP contribution in [0.1, 0.15) is 53.6 Å². The van der Waals surface area contributed by atoms with Crippen LogP contribution in [-0.2, 0) is 17.6 Å². The summed E-state index contributed by atoms with van der Waals surface area (Å²) in [5.41, 5.74) is 5.98. The van der Waals surface area contributed by atoms with Gasteiger partial charge in [-0.25, -0.2) is 0 Å². The van der Waals surface area contributed by atoms with Crippen molar-refractivity contribution < 1.29 is 19.4 Å². The zero-order chi connectivity index (χ0) is 24.8. The lowest BCUT2D eigenvalue weighted by Gasteiger charge is -2.38. The highest BCUT2D eigenvalue weighted by molar-refractivity contribution is 5.78. The van der Waals surface area contributed by atoms with E-state index in [1.165, 1.54) is 22.3 Å². The maximum Gasteiger partial charge on any atom is 0.161 e. The molecule has 0 amide bonds. The number of carbonyl (C=O) groups is 1. The molecular weight excluding hydrogens is 438 g/mol. The minimum atomic E-state index is 0.0592. The number of aryl methyl sites for hydroxylation is 1. The van der Waals surface area contributed by atoms with Crippen molar-refractivity contribution in [3.63, 3.8) is 0 Å². The maximum atomic E-state index is 12.1. The van der Waals surface area contributed by atoms with E-state index in [1.807, 2.05) is 19.1 Å². The summed E-state index contributed by atoms with van der Waals surface area (Å²) in [6, 6.07) is 20.0. The highest BCUT2D eigenvalue weighted by Crippen LogP contribution is 2.42. The smallest absolute Gasteiger partial charge is 0.161 e. The van der Waals surface area contributed by atoms with Crippen molar-refractivity contribution in [3.05, 3.63) is 88.5 Å². The number of phenolic OH excluding ortho intramolecular Hbond substituents is 1. The number of benzene rings is 3. The number of Topliss-reactive ketones (excluding diaryl/α,β-unsaturated/α-hetero) is 1. The zero-order valence-corrected chi connectivity index (χ0v) is 20.9. The van der Waals surface area contributed by atoms with E-state index < -0.39 is 0 Å². The summed E-state index contributed by atoms with van der Waals surface area (Å²) >= 11 is 0. The van der Waals surface area contributed by atoms with Gasteiger partial charge >= 0.3 is 0 Å². The van der Waals surface area contributed by atoms with Gasteiger partial charge in [-0.15, -0.1) is 0 Å². The standard InChI is InChI=1S/C30H35NO4/c1-4-24(32)13-16-31-15-12-23-19-28(34-3)29(35-17-14-22-9-7-10-25(33)18-22)20-27(23)30(31)26-11-6-5-8-21(26)2/h5-11,18-20,30,33H,4,12-17H2,1-3H3. The van der Waals surface area contributed by atoms with Crippen molar-refractivity contribution in [2.45, 2.75) is 45.6 Å². The van der Waals surface area contributed by atoms with Crippen LogP contribution in [0.15, 0.2) is 60.7 Å². The number of hydrogen-bond donors (Lipinski definition) is 1. The van der Waals surface area contributed by atoms with Crippen LogP contribution < -0.4 is 9.47 Å². The van der Waals surface area contributed by atoms with E-state index >= 15 is 0 Å². The number of aromatic hydroxyl groups is 1. The summed E-state index contributed by atoms with van der Waals surface area (Å²) in [7, 11) is 1.67. The molecule has 184 valence electrons. The van der Waals surface area contributed by atoms with Crippen molar-refractivity contribution in [2.75, 3.05) is 26.8 Å². The van der Waals surface area contributed by atoms with Gasteiger partial charge in [0.15, 0.2) is 11.5 Å². The Hall–Kier alpha value is -3.31. The SMILES string of the molecule is CCC(=O)CCN1CCc2cc(OC)c(OCCc3cccc(O)c3)cc2C1c1ccccc1C. The molecule has 0 radical (unpaired) electrons. The van der Waals surface area contributed by atoms with Crippen molar-refractivity contribution in [1.82, 2.24) is 4.90 Å². The van der Waals surface area contributed by atoms with E-state index in [1.54, 1.807) is 19.2 Å². The van der Waals surface area contributed by atoms with Gasteiger partial charge in [-0.05, 0) is 65.4 Å². The Kier molecular flexibility index (Phi) is 8.09. The molecule has 0 spiro atoms. The normalized spacial score (nSPS) is 15.5. The van der Waals surface area contributed by atoms with E-state index in [4.69, 9.17) is 9.47 Å². The number of hydrogen-bond acceptors (Lipinski definition) is 5. The third-order valence-electron chi connectivity index (χ3n) is 6.87. The number of carbonyl (C=O) groups excluding carboxylic acids is 1. The molecule has 35 heavy (non-hydrogen) atoms. The van der Waals surface area contributed by atoms with Crippen molar-refractivity contribution in [3.8, 4) is 17.2 Å². The van der Waals surface area contributed by atoms with Crippen molar-refractivity contribution in [1.29, 1.82) is 0 Å². The molecule has 4 rings (SSSR count). The second-order valence-electron chi connectivity index (χ2n) is 9.16. The molecule has 0 saturated carbocycles. The second kappa shape index (κ2) is 11.4. The van der Waals surface area contributed by atoms with Gasteiger partial charge in [0, 0.05) is 32.4 Å². The summed E-state index contributed by atoms with van der Waals surface area (Å²) in [6.45, 7) is 6.19. The Morgan fingerprint density at radius 3 is 2.63 bits per heavy atom. The van der Waals surface area contributed by atoms with Gasteiger partial charge in [0.1, 0.15) is 11.5 Å². The molecule has 1 heterocycles. The highest BCUT2D eigenvalue weighted by atomic mass is 16.5. The molecule has 1 aliphatic rings. The first-order valence-corrected chi connectivity index (χ1v) is 12.4. The van der Waals surface area contributed by atoms with E-state index in [2.05, 4.69) is 48.2 Å². The Balaban J connectivity index is 1.65. The fraction of sp³-hybridized carbons (Fsp3) is 0.367. The van der Waals surface area contributed by atoms with Gasteiger partial charge in [-0.2, -0.15) is 0 Å². The summed E-state index contributed by atoms with van der Waals surface area (Å²) in [4.78, 5) is 14.6. The van der Waals surface area contributed by atoms with Crippen LogP contribution in [0.25, 0.3) is 0 Å². The first-order valence-electron chi connectivity index (χ1n) is 12.4. The lowest BCUT2D eigenvalue weighted by Crippen LogP contribution is -2.37. The van der Waals surface area contributed by atoms with Crippen LogP contribution in [0.5, 0.6) is 17.2 Å². The Bertz CT molecular complexity index is 1170. The Morgan fingerprint density at radius 2 is 1.89 bits per heavy atom. The lowest BCUT2D eigenvalue weighted by atomic mass is 9.85. The van der Waals surface area contributed by atoms with Gasteiger partial charge in [-0.3, -0.25) is 9.69 Å². The van der Waals surface area contributed by atoms with Crippen LogP contribution in [0, 0.1) is 6.92 Å². The number of rotatable bonds is 10. The zero-order valence-electron chi connectivity index (χ0n) is 20.9. The predicted octanol–water partition coefficient (Wildman–Crippen LogP) is 5.65. The largest absolute Gasteiger partial charge is 0.508 e. The van der Waals surface area contributed by atoms with Gasteiger partial charge in [0.25, 0.3) is 0 Å². The first-order chi connectivity index (χ1) is 17.0. The minimum absolute atomic E-state index is 0.0592. The molecule has 5 heteroatoms. The van der Waals surface area contributed by atoms with Gasteiger partial charge in [0.05, 0.1) is 19.8 Å². The number of fused-ring (bicyclic) bond motifs is 1. The van der Waals surface area contributed by atoms with E-state index in [9.17, 15) is 9.90 Å². The van der Waals surface area contributed by atoms with E-state index in [0.717, 1.165) is 36.6 Å². The predicted molar refractivity (Wildman–Crippen MR) is 139 cm³/mol. The summed E-state index contributed by atoms with van der Waals surface area (Å²) in [5.74, 6) is 2.01. The summed E-state index contributed by atoms with van der Waals surface area (Å²) < 4.78 is 11.9. The molecular formula is C30H35NO4. The first kappa shape index (κ1) is 24.8. The summed E-state index contributed by atoms with van der Waals surface area (Å²) in [5, 5.41) is 9.74. The number of nitrogens with zero attached hydrogens (tertiary/aromatic N) is 1. The van der Waals surface area contributed by atoms with Crippen LogP contribution in [0.4, 0.5) is 0 Å². The molecule has 1 aliphatic heterocycles. The summed E-state index contributed by atoms with van der Waals surface area (Å²) in [6.07, 6.45) is 2.73. The molecule has 0 saturated heterocycles. The third kappa shape index (κ3) is 5.85. The topological polar surface area (TPSA) is 59.0 Å². The van der Waals surface area contributed by atoms with Crippen molar-refractivity contribution >= 4 is 5.78 Å². The third-order valence-corrected chi connectivity index (χ3v) is 6.87. The quantitative estimate of drug-likeness (QED) is 0.413. The number of phenols is 1. The molecule has 0 fully saturated rings. The fourth-order valence-corrected chi connectivity index (χ4v) is 4.89. The van der Waals surface area contributed by atoms with Gasteiger partial charge in [-0.1, -0.05) is 43.3 Å². The molecule has 0 aromatic heterocycles. The van der Waals surface area contributed by atoms with Crippen molar-refractivity contribution in [2.24, 2.45) is 0 Å². The monoisotopic (exact) mass is 473 g/mol. The fourth-order valence-electron chi connectivity index (χ4n) is 4.89. The average molecular weight is 474 g/mol.